The van der Waals surface area contributed by atoms with Crippen LogP contribution in [0.2, 0.25) is 0 Å². The molecule has 0 bridgehead atoms. The molecule has 2 unspecified atom stereocenters. The van der Waals surface area contributed by atoms with Gasteiger partial charge in [-0.15, -0.1) is 0 Å². The molecule has 1 aromatic rings. The van der Waals surface area contributed by atoms with Gasteiger partial charge in [0.2, 0.25) is 0 Å². The summed E-state index contributed by atoms with van der Waals surface area (Å²) in [6, 6.07) is 1.98. The summed E-state index contributed by atoms with van der Waals surface area (Å²) in [6.07, 6.45) is 1.81. The monoisotopic (exact) mass is 208 g/mol. The fourth-order valence-corrected chi connectivity index (χ4v) is 2.57. The van der Waals surface area contributed by atoms with Crippen molar-refractivity contribution in [2.24, 2.45) is 11.8 Å². The molecule has 0 spiro atoms. The normalized spacial score (nSPS) is 30.7. The van der Waals surface area contributed by atoms with E-state index in [1.165, 1.54) is 0 Å². The van der Waals surface area contributed by atoms with Crippen molar-refractivity contribution in [1.29, 1.82) is 0 Å². The van der Waals surface area contributed by atoms with Gasteiger partial charge >= 0.3 is 0 Å². The fourth-order valence-electron chi connectivity index (χ4n) is 2.57. The van der Waals surface area contributed by atoms with E-state index in [9.17, 15) is 5.11 Å². The first-order valence-electron chi connectivity index (χ1n) is 5.72. The molecular weight excluding hydrogens is 188 g/mol. The Morgan fingerprint density at radius 2 is 2.20 bits per heavy atom. The maximum atomic E-state index is 10.4. The lowest BCUT2D eigenvalue weighted by atomic mass is 9.74. The first-order valence-corrected chi connectivity index (χ1v) is 5.72. The Morgan fingerprint density at radius 3 is 2.80 bits per heavy atom. The minimum Gasteiger partial charge on any atom is -0.466 e. The van der Waals surface area contributed by atoms with Crippen LogP contribution >= 0.6 is 0 Å². The van der Waals surface area contributed by atoms with Crippen molar-refractivity contribution in [1.82, 2.24) is 0 Å². The van der Waals surface area contributed by atoms with E-state index < -0.39 is 5.60 Å². The number of fused-ring (bicyclic) bond motifs is 1. The molecule has 2 nitrogen and oxygen atoms in total. The molecule has 1 N–H and O–H groups in total. The van der Waals surface area contributed by atoms with Crippen LogP contribution in [-0.4, -0.2) is 5.11 Å². The quantitative estimate of drug-likeness (QED) is 0.769. The van der Waals surface area contributed by atoms with Gasteiger partial charge in [-0.25, -0.2) is 0 Å². The number of hydrogen-bond donors (Lipinski definition) is 1. The summed E-state index contributed by atoms with van der Waals surface area (Å²) in [7, 11) is 0. The Bertz CT molecular complexity index is 361. The summed E-state index contributed by atoms with van der Waals surface area (Å²) in [4.78, 5) is 0. The molecule has 0 aromatic carbocycles. The zero-order valence-corrected chi connectivity index (χ0v) is 10.0. The van der Waals surface area contributed by atoms with Crippen LogP contribution < -0.4 is 0 Å². The second-order valence-corrected chi connectivity index (χ2v) is 5.38. The Kier molecular flexibility index (Phi) is 2.42. The van der Waals surface area contributed by atoms with Crippen LogP contribution in [0.3, 0.4) is 0 Å². The van der Waals surface area contributed by atoms with E-state index in [4.69, 9.17) is 4.42 Å². The third-order valence-corrected chi connectivity index (χ3v) is 3.56. The maximum Gasteiger partial charge on any atom is 0.110 e. The SMILES string of the molecule is Cc1cc2c(o1)CC(C(C)C)CC2(C)O. The average molecular weight is 208 g/mol. The van der Waals surface area contributed by atoms with Gasteiger partial charge < -0.3 is 9.52 Å². The second-order valence-electron chi connectivity index (χ2n) is 5.38. The van der Waals surface area contributed by atoms with Crippen LogP contribution in [0.5, 0.6) is 0 Å². The van der Waals surface area contributed by atoms with E-state index in [0.29, 0.717) is 11.8 Å². The van der Waals surface area contributed by atoms with Gasteiger partial charge in [-0.3, -0.25) is 0 Å². The molecule has 0 radical (unpaired) electrons. The molecule has 0 saturated carbocycles. The highest BCUT2D eigenvalue weighted by Crippen LogP contribution is 2.41. The largest absolute Gasteiger partial charge is 0.466 e. The number of rotatable bonds is 1. The Hall–Kier alpha value is -0.760. The van der Waals surface area contributed by atoms with Gasteiger partial charge in [-0.05, 0) is 38.2 Å². The lowest BCUT2D eigenvalue weighted by molar-refractivity contribution is 0.00872. The zero-order chi connectivity index (χ0) is 11.2. The van der Waals surface area contributed by atoms with Crippen molar-refractivity contribution in [3.05, 3.63) is 23.2 Å². The van der Waals surface area contributed by atoms with Crippen molar-refractivity contribution in [3.8, 4) is 0 Å². The maximum absolute atomic E-state index is 10.4. The van der Waals surface area contributed by atoms with Crippen molar-refractivity contribution in [3.63, 3.8) is 0 Å². The molecule has 15 heavy (non-hydrogen) atoms. The summed E-state index contributed by atoms with van der Waals surface area (Å²) in [5, 5.41) is 10.4. The molecule has 1 aliphatic carbocycles. The smallest absolute Gasteiger partial charge is 0.110 e. The number of aliphatic hydroxyl groups is 1. The Labute approximate surface area is 91.3 Å². The van der Waals surface area contributed by atoms with E-state index in [1.807, 2.05) is 19.9 Å². The topological polar surface area (TPSA) is 33.4 Å². The fraction of sp³-hybridized carbons (Fsp3) is 0.692. The number of furan rings is 1. The average Bonchev–Trinajstić information content (AvgIpc) is 2.45. The van der Waals surface area contributed by atoms with Crippen LogP contribution in [0, 0.1) is 18.8 Å². The van der Waals surface area contributed by atoms with Gasteiger partial charge in [0.25, 0.3) is 0 Å². The molecular formula is C13H20O2. The summed E-state index contributed by atoms with van der Waals surface area (Å²) in [5.41, 5.74) is 0.289. The first kappa shape index (κ1) is 10.7. The molecule has 0 saturated heterocycles. The molecule has 0 fully saturated rings. The highest BCUT2D eigenvalue weighted by atomic mass is 16.3. The first-order chi connectivity index (χ1) is 6.90. The van der Waals surface area contributed by atoms with Crippen molar-refractivity contribution < 1.29 is 9.52 Å². The molecule has 1 heterocycles. The van der Waals surface area contributed by atoms with Gasteiger partial charge in [0, 0.05) is 12.0 Å². The van der Waals surface area contributed by atoms with Gasteiger partial charge in [-0.2, -0.15) is 0 Å². The summed E-state index contributed by atoms with van der Waals surface area (Å²) in [6.45, 7) is 8.26. The lowest BCUT2D eigenvalue weighted by Crippen LogP contribution is -2.33. The van der Waals surface area contributed by atoms with Gasteiger partial charge in [0.15, 0.2) is 0 Å². The van der Waals surface area contributed by atoms with Crippen LogP contribution in [0.1, 0.15) is 44.3 Å². The highest BCUT2D eigenvalue weighted by Gasteiger charge is 2.38. The summed E-state index contributed by atoms with van der Waals surface area (Å²) >= 11 is 0. The molecule has 0 aliphatic heterocycles. The van der Waals surface area contributed by atoms with Gasteiger partial charge in [0.05, 0.1) is 5.60 Å². The minimum atomic E-state index is -0.708. The van der Waals surface area contributed by atoms with Crippen molar-refractivity contribution >= 4 is 0 Å². The van der Waals surface area contributed by atoms with E-state index in [0.717, 1.165) is 29.9 Å². The predicted molar refractivity (Wildman–Crippen MR) is 59.7 cm³/mol. The molecule has 84 valence electrons. The minimum absolute atomic E-state index is 0.526. The predicted octanol–water partition coefficient (Wildman–Crippen LogP) is 3.01. The molecule has 2 atom stereocenters. The van der Waals surface area contributed by atoms with Crippen molar-refractivity contribution in [2.45, 2.75) is 46.1 Å². The highest BCUT2D eigenvalue weighted by molar-refractivity contribution is 5.30. The van der Waals surface area contributed by atoms with E-state index in [-0.39, 0.29) is 0 Å². The van der Waals surface area contributed by atoms with Gasteiger partial charge in [0.1, 0.15) is 11.5 Å². The molecule has 2 heteroatoms. The standard InChI is InChI=1S/C13H20O2/c1-8(2)10-6-12-11(5-9(3)15-12)13(4,14)7-10/h5,8,10,14H,6-7H2,1-4H3. The van der Waals surface area contributed by atoms with Crippen LogP contribution in [-0.2, 0) is 12.0 Å². The summed E-state index contributed by atoms with van der Waals surface area (Å²) in [5.74, 6) is 3.01. The molecule has 1 aromatic heterocycles. The third kappa shape index (κ3) is 1.83. The van der Waals surface area contributed by atoms with Crippen molar-refractivity contribution in [2.75, 3.05) is 0 Å². The van der Waals surface area contributed by atoms with Crippen LogP contribution in [0.15, 0.2) is 10.5 Å². The third-order valence-electron chi connectivity index (χ3n) is 3.56. The van der Waals surface area contributed by atoms with Crippen LogP contribution in [0.4, 0.5) is 0 Å². The van der Waals surface area contributed by atoms with Crippen LogP contribution in [0.25, 0.3) is 0 Å². The summed E-state index contributed by atoms with van der Waals surface area (Å²) < 4.78 is 5.66. The van der Waals surface area contributed by atoms with E-state index in [1.54, 1.807) is 0 Å². The number of aryl methyl sites for hydroxylation is 1. The molecule has 1 aliphatic rings. The second kappa shape index (κ2) is 3.38. The molecule has 2 rings (SSSR count). The van der Waals surface area contributed by atoms with E-state index in [2.05, 4.69) is 13.8 Å². The zero-order valence-electron chi connectivity index (χ0n) is 10.0. The van der Waals surface area contributed by atoms with E-state index >= 15 is 0 Å². The Morgan fingerprint density at radius 1 is 1.53 bits per heavy atom. The lowest BCUT2D eigenvalue weighted by Gasteiger charge is -2.35. The number of hydrogen-bond acceptors (Lipinski definition) is 2. The Balaban J connectivity index is 2.39. The van der Waals surface area contributed by atoms with Gasteiger partial charge in [-0.1, -0.05) is 13.8 Å². The molecule has 0 amide bonds.